The molecule has 0 aromatic heterocycles. The molecule has 14 heavy (non-hydrogen) atoms. The third-order valence-corrected chi connectivity index (χ3v) is 2.97. The van der Waals surface area contributed by atoms with Gasteiger partial charge in [-0.15, -0.1) is 0 Å². The minimum absolute atomic E-state index is 0.206. The second kappa shape index (κ2) is 3.84. The van der Waals surface area contributed by atoms with E-state index in [0.717, 1.165) is 12.0 Å². The number of hydrogen-bond acceptors (Lipinski definition) is 1. The van der Waals surface area contributed by atoms with Gasteiger partial charge < -0.3 is 0 Å². The minimum atomic E-state index is 0.206. The van der Waals surface area contributed by atoms with E-state index in [4.69, 9.17) is 5.26 Å². The molecule has 0 radical (unpaired) electrons. The maximum atomic E-state index is 8.76. The van der Waals surface area contributed by atoms with Crippen LogP contribution in [0.1, 0.15) is 43.9 Å². The van der Waals surface area contributed by atoms with Gasteiger partial charge in [-0.2, -0.15) is 5.26 Å². The van der Waals surface area contributed by atoms with Crippen molar-refractivity contribution in [3.05, 3.63) is 34.9 Å². The third kappa shape index (κ3) is 1.96. The summed E-state index contributed by atoms with van der Waals surface area (Å²) in [5.41, 5.74) is 3.52. The Labute approximate surface area is 86.4 Å². The molecule has 0 aliphatic rings. The third-order valence-electron chi connectivity index (χ3n) is 2.97. The van der Waals surface area contributed by atoms with Crippen molar-refractivity contribution >= 4 is 0 Å². The van der Waals surface area contributed by atoms with Crippen molar-refractivity contribution in [1.29, 1.82) is 5.26 Å². The molecule has 0 saturated carbocycles. The standard InChI is InChI=1S/C13H17N/c1-5-13(3,4)12-7-6-11(9-14)8-10(12)2/h6-8H,5H2,1-4H3. The average molecular weight is 187 g/mol. The van der Waals surface area contributed by atoms with Gasteiger partial charge in [-0.05, 0) is 42.0 Å². The van der Waals surface area contributed by atoms with Gasteiger partial charge in [0.1, 0.15) is 0 Å². The van der Waals surface area contributed by atoms with E-state index < -0.39 is 0 Å². The van der Waals surface area contributed by atoms with Crippen LogP contribution in [-0.4, -0.2) is 0 Å². The summed E-state index contributed by atoms with van der Waals surface area (Å²) in [7, 11) is 0. The second-order valence-corrected chi connectivity index (χ2v) is 4.38. The predicted molar refractivity (Wildman–Crippen MR) is 59.2 cm³/mol. The highest BCUT2D eigenvalue weighted by molar-refractivity contribution is 5.40. The second-order valence-electron chi connectivity index (χ2n) is 4.38. The molecular weight excluding hydrogens is 170 g/mol. The number of benzene rings is 1. The molecule has 0 saturated heterocycles. The van der Waals surface area contributed by atoms with Gasteiger partial charge in [-0.1, -0.05) is 26.8 Å². The molecule has 1 heteroatoms. The molecule has 1 nitrogen and oxygen atoms in total. The molecule has 0 fully saturated rings. The molecule has 0 unspecified atom stereocenters. The Morgan fingerprint density at radius 2 is 2.00 bits per heavy atom. The van der Waals surface area contributed by atoms with Crippen molar-refractivity contribution in [3.8, 4) is 6.07 Å². The molecule has 74 valence electrons. The lowest BCUT2D eigenvalue weighted by molar-refractivity contribution is 0.503. The maximum absolute atomic E-state index is 8.76. The Bertz CT molecular complexity index is 369. The highest BCUT2D eigenvalue weighted by atomic mass is 14.3. The Balaban J connectivity index is 3.20. The lowest BCUT2D eigenvalue weighted by Gasteiger charge is -2.25. The predicted octanol–water partition coefficient (Wildman–Crippen LogP) is 3.55. The van der Waals surface area contributed by atoms with E-state index in [0.29, 0.717) is 0 Å². The normalized spacial score (nSPS) is 11.1. The highest BCUT2D eigenvalue weighted by Gasteiger charge is 2.19. The van der Waals surface area contributed by atoms with Gasteiger partial charge >= 0.3 is 0 Å². The first-order valence-corrected chi connectivity index (χ1v) is 5.02. The summed E-state index contributed by atoms with van der Waals surface area (Å²) in [6.45, 7) is 8.74. The van der Waals surface area contributed by atoms with Crippen LogP contribution in [-0.2, 0) is 5.41 Å². The van der Waals surface area contributed by atoms with Crippen molar-refractivity contribution in [2.24, 2.45) is 0 Å². The van der Waals surface area contributed by atoms with Crippen molar-refractivity contribution < 1.29 is 0 Å². The highest BCUT2D eigenvalue weighted by Crippen LogP contribution is 2.29. The van der Waals surface area contributed by atoms with E-state index in [1.54, 1.807) is 0 Å². The smallest absolute Gasteiger partial charge is 0.0991 e. The summed E-state index contributed by atoms with van der Waals surface area (Å²) in [5.74, 6) is 0. The van der Waals surface area contributed by atoms with Crippen molar-refractivity contribution in [1.82, 2.24) is 0 Å². The largest absolute Gasteiger partial charge is 0.192 e. The molecule has 0 aliphatic heterocycles. The lowest BCUT2D eigenvalue weighted by Crippen LogP contribution is -2.16. The van der Waals surface area contributed by atoms with Gasteiger partial charge in [0.15, 0.2) is 0 Å². The van der Waals surface area contributed by atoms with Gasteiger partial charge in [0.2, 0.25) is 0 Å². The summed E-state index contributed by atoms with van der Waals surface area (Å²) in [6, 6.07) is 8.11. The first-order chi connectivity index (χ1) is 6.51. The van der Waals surface area contributed by atoms with Crippen molar-refractivity contribution in [3.63, 3.8) is 0 Å². The average Bonchev–Trinajstić information content (AvgIpc) is 2.17. The summed E-state index contributed by atoms with van der Waals surface area (Å²) in [5, 5.41) is 8.76. The fourth-order valence-electron chi connectivity index (χ4n) is 1.68. The van der Waals surface area contributed by atoms with Crippen LogP contribution in [0.2, 0.25) is 0 Å². The van der Waals surface area contributed by atoms with Gasteiger partial charge in [0.05, 0.1) is 11.6 Å². The molecule has 0 spiro atoms. The minimum Gasteiger partial charge on any atom is -0.192 e. The fourth-order valence-corrected chi connectivity index (χ4v) is 1.68. The van der Waals surface area contributed by atoms with Crippen LogP contribution in [0.25, 0.3) is 0 Å². The molecule has 0 N–H and O–H groups in total. The van der Waals surface area contributed by atoms with Crippen LogP contribution in [0, 0.1) is 18.3 Å². The number of hydrogen-bond donors (Lipinski definition) is 0. The Morgan fingerprint density at radius 1 is 1.36 bits per heavy atom. The molecule has 0 aliphatic carbocycles. The number of nitrogens with zero attached hydrogens (tertiary/aromatic N) is 1. The monoisotopic (exact) mass is 187 g/mol. The SMILES string of the molecule is CCC(C)(C)c1ccc(C#N)cc1C. The Kier molecular flexibility index (Phi) is 2.96. The van der Waals surface area contributed by atoms with Crippen molar-refractivity contribution in [2.75, 3.05) is 0 Å². The number of nitriles is 1. The summed E-state index contributed by atoms with van der Waals surface area (Å²) < 4.78 is 0. The van der Waals surface area contributed by atoms with Crippen LogP contribution in [0.4, 0.5) is 0 Å². The van der Waals surface area contributed by atoms with Gasteiger partial charge in [-0.25, -0.2) is 0 Å². The van der Waals surface area contributed by atoms with E-state index in [-0.39, 0.29) is 5.41 Å². The van der Waals surface area contributed by atoms with Gasteiger partial charge in [0, 0.05) is 0 Å². The summed E-state index contributed by atoms with van der Waals surface area (Å²) in [6.07, 6.45) is 1.11. The maximum Gasteiger partial charge on any atom is 0.0991 e. The van der Waals surface area contributed by atoms with Gasteiger partial charge in [0.25, 0.3) is 0 Å². The van der Waals surface area contributed by atoms with Crippen LogP contribution in [0.3, 0.4) is 0 Å². The van der Waals surface area contributed by atoms with Crippen LogP contribution >= 0.6 is 0 Å². The van der Waals surface area contributed by atoms with Crippen LogP contribution in [0.5, 0.6) is 0 Å². The van der Waals surface area contributed by atoms with Gasteiger partial charge in [-0.3, -0.25) is 0 Å². The Morgan fingerprint density at radius 3 is 2.43 bits per heavy atom. The lowest BCUT2D eigenvalue weighted by atomic mass is 9.79. The van der Waals surface area contributed by atoms with E-state index >= 15 is 0 Å². The van der Waals surface area contributed by atoms with Crippen molar-refractivity contribution in [2.45, 2.75) is 39.5 Å². The quantitative estimate of drug-likeness (QED) is 0.694. The molecule has 0 atom stereocenters. The molecule has 1 aromatic rings. The van der Waals surface area contributed by atoms with E-state index in [1.807, 2.05) is 12.1 Å². The zero-order valence-electron chi connectivity index (χ0n) is 9.39. The molecule has 0 bridgehead atoms. The Hall–Kier alpha value is -1.29. The zero-order valence-corrected chi connectivity index (χ0v) is 9.39. The summed E-state index contributed by atoms with van der Waals surface area (Å²) in [4.78, 5) is 0. The molecule has 0 amide bonds. The van der Waals surface area contributed by atoms with E-state index in [1.165, 1.54) is 11.1 Å². The molecule has 1 aromatic carbocycles. The first-order valence-electron chi connectivity index (χ1n) is 5.02. The molecule has 1 rings (SSSR count). The molecular formula is C13H17N. The number of rotatable bonds is 2. The first kappa shape index (κ1) is 10.8. The topological polar surface area (TPSA) is 23.8 Å². The van der Waals surface area contributed by atoms with Crippen LogP contribution < -0.4 is 0 Å². The van der Waals surface area contributed by atoms with E-state index in [9.17, 15) is 0 Å². The zero-order chi connectivity index (χ0) is 10.8. The van der Waals surface area contributed by atoms with E-state index in [2.05, 4.69) is 39.8 Å². The van der Waals surface area contributed by atoms with Crippen LogP contribution in [0.15, 0.2) is 18.2 Å². The fraction of sp³-hybridized carbons (Fsp3) is 0.462. The molecule has 0 heterocycles. The summed E-state index contributed by atoms with van der Waals surface area (Å²) >= 11 is 0. The number of aryl methyl sites for hydroxylation is 1.